The third kappa shape index (κ3) is 7.91. The molecule has 0 spiro atoms. The first-order valence-electron chi connectivity index (χ1n) is 13.3. The van der Waals surface area contributed by atoms with Gasteiger partial charge in [-0.15, -0.1) is 0 Å². The Morgan fingerprint density at radius 2 is 1.56 bits per heavy atom. The fourth-order valence-electron chi connectivity index (χ4n) is 4.56. The molecule has 1 N–H and O–H groups in total. The normalized spacial score (nSPS) is 11.8. The summed E-state index contributed by atoms with van der Waals surface area (Å²) in [5.41, 5.74) is 1.53. The Morgan fingerprint density at radius 3 is 2.16 bits per heavy atom. The number of likely N-dealkylation sites (N-methyl/N-ethyl adjacent to an activating group) is 1. The number of carbonyl (C=O) groups is 2. The van der Waals surface area contributed by atoms with E-state index in [9.17, 15) is 22.4 Å². The summed E-state index contributed by atoms with van der Waals surface area (Å²) in [6.07, 6.45) is 0.175. The van der Waals surface area contributed by atoms with Crippen LogP contribution in [0, 0.1) is 5.82 Å². The van der Waals surface area contributed by atoms with Crippen molar-refractivity contribution in [1.82, 2.24) is 10.2 Å². The standard InChI is InChI=1S/C32H31ClFN3O5S/c1-35-32(39)30(20-23-7-4-3-5-8-23)36(21-24-9-6-10-25(33)19-24)31(38)22-37(27-13-11-26(34)12-14-27)43(40,41)29-17-15-28(42-2)16-18-29/h3-19,30H,20-22H2,1-2H3,(H,35,39)/t30-/m0/s1. The van der Waals surface area contributed by atoms with E-state index in [0.29, 0.717) is 16.3 Å². The highest BCUT2D eigenvalue weighted by atomic mass is 35.5. The number of carbonyl (C=O) groups excluding carboxylic acids is 2. The third-order valence-electron chi connectivity index (χ3n) is 6.80. The van der Waals surface area contributed by atoms with Gasteiger partial charge in [0, 0.05) is 25.0 Å². The van der Waals surface area contributed by atoms with Gasteiger partial charge in [-0.05, 0) is 71.8 Å². The summed E-state index contributed by atoms with van der Waals surface area (Å²) in [7, 11) is -1.39. The number of rotatable bonds is 12. The lowest BCUT2D eigenvalue weighted by molar-refractivity contribution is -0.139. The van der Waals surface area contributed by atoms with Crippen LogP contribution in [0.15, 0.2) is 108 Å². The summed E-state index contributed by atoms with van der Waals surface area (Å²) in [4.78, 5) is 28.7. The summed E-state index contributed by atoms with van der Waals surface area (Å²) in [6.45, 7) is -0.688. The van der Waals surface area contributed by atoms with E-state index in [1.165, 1.54) is 55.5 Å². The van der Waals surface area contributed by atoms with Crippen LogP contribution >= 0.6 is 11.6 Å². The van der Waals surface area contributed by atoms with Crippen LogP contribution in [-0.4, -0.2) is 51.9 Å². The van der Waals surface area contributed by atoms with Crippen molar-refractivity contribution in [3.8, 4) is 5.75 Å². The molecule has 0 fully saturated rings. The quantitative estimate of drug-likeness (QED) is 0.238. The van der Waals surface area contributed by atoms with Crippen molar-refractivity contribution in [2.45, 2.75) is 23.9 Å². The minimum Gasteiger partial charge on any atom is -0.497 e. The van der Waals surface area contributed by atoms with Crippen LogP contribution in [0.2, 0.25) is 5.02 Å². The maximum Gasteiger partial charge on any atom is 0.264 e. The zero-order chi connectivity index (χ0) is 31.0. The average molecular weight is 624 g/mol. The van der Waals surface area contributed by atoms with Crippen LogP contribution in [0.25, 0.3) is 0 Å². The van der Waals surface area contributed by atoms with Gasteiger partial charge in [-0.1, -0.05) is 54.1 Å². The number of methoxy groups -OCH3 is 1. The minimum absolute atomic E-state index is 0.0237. The number of amides is 2. The first kappa shape index (κ1) is 31.5. The van der Waals surface area contributed by atoms with Gasteiger partial charge in [0.25, 0.3) is 10.0 Å². The van der Waals surface area contributed by atoms with Crippen molar-refractivity contribution in [3.05, 3.63) is 125 Å². The fraction of sp³-hybridized carbons (Fsp3) is 0.188. The van der Waals surface area contributed by atoms with Crippen molar-refractivity contribution in [2.75, 3.05) is 25.0 Å². The molecular weight excluding hydrogens is 593 g/mol. The van der Waals surface area contributed by atoms with Crippen molar-refractivity contribution in [1.29, 1.82) is 0 Å². The Morgan fingerprint density at radius 1 is 0.907 bits per heavy atom. The summed E-state index contributed by atoms with van der Waals surface area (Å²) in [5, 5.41) is 3.08. The predicted octanol–water partition coefficient (Wildman–Crippen LogP) is 5.07. The fourth-order valence-corrected chi connectivity index (χ4v) is 6.19. The number of benzene rings is 4. The zero-order valence-electron chi connectivity index (χ0n) is 23.6. The summed E-state index contributed by atoms with van der Waals surface area (Å²) < 4.78 is 47.8. The van der Waals surface area contributed by atoms with Crippen LogP contribution < -0.4 is 14.4 Å². The van der Waals surface area contributed by atoms with E-state index in [0.717, 1.165) is 22.0 Å². The number of anilines is 1. The second kappa shape index (κ2) is 14.2. The highest BCUT2D eigenvalue weighted by Crippen LogP contribution is 2.27. The number of halogens is 2. The molecule has 0 saturated heterocycles. The van der Waals surface area contributed by atoms with Gasteiger partial charge in [-0.2, -0.15) is 0 Å². The lowest BCUT2D eigenvalue weighted by atomic mass is 10.0. The van der Waals surface area contributed by atoms with Crippen LogP contribution in [-0.2, 0) is 32.6 Å². The Hall–Kier alpha value is -4.41. The van der Waals surface area contributed by atoms with Gasteiger partial charge in [0.05, 0.1) is 17.7 Å². The molecule has 4 rings (SSSR count). The predicted molar refractivity (Wildman–Crippen MR) is 164 cm³/mol. The van der Waals surface area contributed by atoms with Crippen molar-refractivity contribution in [2.24, 2.45) is 0 Å². The SMILES string of the molecule is CNC(=O)[C@H](Cc1ccccc1)N(Cc1cccc(Cl)c1)C(=O)CN(c1ccc(F)cc1)S(=O)(=O)c1ccc(OC)cc1. The molecular formula is C32H31ClFN3O5S. The Bertz CT molecular complexity index is 1650. The van der Waals surface area contributed by atoms with Gasteiger partial charge >= 0.3 is 0 Å². The number of ether oxygens (including phenoxy) is 1. The van der Waals surface area contributed by atoms with Gasteiger partial charge in [0.2, 0.25) is 11.8 Å². The molecule has 43 heavy (non-hydrogen) atoms. The second-order valence-electron chi connectivity index (χ2n) is 9.63. The minimum atomic E-state index is -4.32. The summed E-state index contributed by atoms with van der Waals surface area (Å²) in [5.74, 6) is -1.19. The highest BCUT2D eigenvalue weighted by Gasteiger charge is 2.34. The molecule has 1 atom stereocenters. The van der Waals surface area contributed by atoms with Crippen molar-refractivity contribution in [3.63, 3.8) is 0 Å². The van der Waals surface area contributed by atoms with Crippen LogP contribution in [0.1, 0.15) is 11.1 Å². The second-order valence-corrected chi connectivity index (χ2v) is 11.9. The largest absolute Gasteiger partial charge is 0.497 e. The molecule has 0 aliphatic rings. The van der Waals surface area contributed by atoms with Crippen LogP contribution in [0.4, 0.5) is 10.1 Å². The van der Waals surface area contributed by atoms with Gasteiger partial charge in [-0.3, -0.25) is 13.9 Å². The van der Waals surface area contributed by atoms with E-state index in [2.05, 4.69) is 5.32 Å². The molecule has 2 amide bonds. The number of nitrogens with one attached hydrogen (secondary N) is 1. The first-order valence-corrected chi connectivity index (χ1v) is 15.2. The molecule has 0 aliphatic heterocycles. The number of hydrogen-bond acceptors (Lipinski definition) is 5. The molecule has 0 radical (unpaired) electrons. The van der Waals surface area contributed by atoms with Crippen LogP contribution in [0.5, 0.6) is 5.75 Å². The smallest absolute Gasteiger partial charge is 0.264 e. The average Bonchev–Trinajstić information content (AvgIpc) is 3.02. The third-order valence-corrected chi connectivity index (χ3v) is 8.82. The number of hydrogen-bond donors (Lipinski definition) is 1. The van der Waals surface area contributed by atoms with Crippen molar-refractivity contribution >= 4 is 39.1 Å². The van der Waals surface area contributed by atoms with Gasteiger partial charge in [-0.25, -0.2) is 12.8 Å². The molecule has 0 saturated carbocycles. The molecule has 4 aromatic rings. The highest BCUT2D eigenvalue weighted by molar-refractivity contribution is 7.92. The molecule has 0 aromatic heterocycles. The molecule has 4 aromatic carbocycles. The number of nitrogens with zero attached hydrogens (tertiary/aromatic N) is 2. The van der Waals surface area contributed by atoms with E-state index in [1.807, 2.05) is 30.3 Å². The lowest BCUT2D eigenvalue weighted by Crippen LogP contribution is -2.53. The van der Waals surface area contributed by atoms with E-state index < -0.39 is 40.2 Å². The maximum absolute atomic E-state index is 14.2. The molecule has 224 valence electrons. The summed E-state index contributed by atoms with van der Waals surface area (Å²) in [6, 6.07) is 25.6. The van der Waals surface area contributed by atoms with Gasteiger partial charge < -0.3 is 15.0 Å². The van der Waals surface area contributed by atoms with E-state index >= 15 is 0 Å². The van der Waals surface area contributed by atoms with Gasteiger partial charge in [0.15, 0.2) is 0 Å². The molecule has 11 heteroatoms. The van der Waals surface area contributed by atoms with Gasteiger partial charge in [0.1, 0.15) is 24.2 Å². The Balaban J connectivity index is 1.78. The molecule has 0 bridgehead atoms. The lowest BCUT2D eigenvalue weighted by Gasteiger charge is -2.33. The van der Waals surface area contributed by atoms with E-state index in [4.69, 9.17) is 16.3 Å². The first-order chi connectivity index (χ1) is 20.6. The van der Waals surface area contributed by atoms with Crippen molar-refractivity contribution < 1.29 is 27.1 Å². The number of sulfonamides is 1. The Labute approximate surface area is 255 Å². The zero-order valence-corrected chi connectivity index (χ0v) is 25.2. The van der Waals surface area contributed by atoms with Crippen LogP contribution in [0.3, 0.4) is 0 Å². The molecule has 0 unspecified atom stereocenters. The molecule has 0 aliphatic carbocycles. The molecule has 8 nitrogen and oxygen atoms in total. The molecule has 0 heterocycles. The topological polar surface area (TPSA) is 96.0 Å². The Kier molecular flexibility index (Phi) is 10.4. The van der Waals surface area contributed by atoms with E-state index in [1.54, 1.807) is 24.3 Å². The monoisotopic (exact) mass is 623 g/mol. The maximum atomic E-state index is 14.2. The summed E-state index contributed by atoms with van der Waals surface area (Å²) >= 11 is 6.22. The van der Waals surface area contributed by atoms with E-state index in [-0.39, 0.29) is 23.5 Å².